The number of hydrogen-bond acceptors (Lipinski definition) is 5. The molecule has 142 valence electrons. The van der Waals surface area contributed by atoms with Crippen LogP contribution in [0, 0.1) is 11.3 Å². The molecule has 3 atom stereocenters. The molecule has 2 aliphatic heterocycles. The van der Waals surface area contributed by atoms with E-state index >= 15 is 0 Å². The van der Waals surface area contributed by atoms with Gasteiger partial charge in [-0.3, -0.25) is 4.68 Å². The normalized spacial score (nSPS) is 32.3. The Kier molecular flexibility index (Phi) is 5.03. The number of ether oxygens (including phenoxy) is 1. The highest BCUT2D eigenvalue weighted by molar-refractivity contribution is 7.91. The minimum Gasteiger partial charge on any atom is -0.377 e. The van der Waals surface area contributed by atoms with Gasteiger partial charge in [0.15, 0.2) is 9.84 Å². The van der Waals surface area contributed by atoms with Crippen LogP contribution in [-0.2, 0) is 26.7 Å². The fourth-order valence-electron chi connectivity index (χ4n) is 4.12. The van der Waals surface area contributed by atoms with Crippen LogP contribution in [0.4, 0.5) is 0 Å². The van der Waals surface area contributed by atoms with Crippen molar-refractivity contribution >= 4 is 9.84 Å². The van der Waals surface area contributed by atoms with E-state index in [-0.39, 0.29) is 16.9 Å². The highest BCUT2D eigenvalue weighted by Crippen LogP contribution is 2.34. The lowest BCUT2D eigenvalue weighted by molar-refractivity contribution is 0.00721. The molecule has 6 nitrogen and oxygen atoms in total. The second-order valence-corrected chi connectivity index (χ2v) is 11.2. The summed E-state index contributed by atoms with van der Waals surface area (Å²) in [6.07, 6.45) is 5.86. The van der Waals surface area contributed by atoms with E-state index in [1.54, 1.807) is 0 Å². The Bertz CT molecular complexity index is 707. The molecule has 25 heavy (non-hydrogen) atoms. The van der Waals surface area contributed by atoms with Crippen molar-refractivity contribution < 1.29 is 13.2 Å². The van der Waals surface area contributed by atoms with Gasteiger partial charge in [-0.15, -0.1) is 0 Å². The number of nitrogens with zero attached hydrogens (tertiary/aromatic N) is 2. The molecule has 0 saturated carbocycles. The highest BCUT2D eigenvalue weighted by atomic mass is 32.2. The first-order chi connectivity index (χ1) is 11.6. The quantitative estimate of drug-likeness (QED) is 0.859. The molecule has 2 aliphatic rings. The van der Waals surface area contributed by atoms with Crippen molar-refractivity contribution in [2.75, 3.05) is 24.7 Å². The third-order valence-electron chi connectivity index (χ3n) is 5.48. The van der Waals surface area contributed by atoms with Gasteiger partial charge in [-0.2, -0.15) is 5.10 Å². The first kappa shape index (κ1) is 18.9. The zero-order chi connectivity index (χ0) is 18.3. The molecular weight excluding hydrogens is 338 g/mol. The van der Waals surface area contributed by atoms with Gasteiger partial charge in [0.1, 0.15) is 0 Å². The third kappa shape index (κ3) is 4.26. The second kappa shape index (κ2) is 6.67. The van der Waals surface area contributed by atoms with Crippen molar-refractivity contribution in [2.24, 2.45) is 11.3 Å². The largest absolute Gasteiger partial charge is 0.377 e. The van der Waals surface area contributed by atoms with E-state index in [0.717, 1.165) is 31.7 Å². The second-order valence-electron chi connectivity index (χ2n) is 8.97. The molecule has 0 aliphatic carbocycles. The maximum atomic E-state index is 11.8. The predicted octanol–water partition coefficient (Wildman–Crippen LogP) is 1.96. The lowest BCUT2D eigenvalue weighted by Gasteiger charge is -2.31. The molecule has 1 aromatic rings. The Hall–Kier alpha value is -0.920. The Labute approximate surface area is 151 Å². The summed E-state index contributed by atoms with van der Waals surface area (Å²) in [6.45, 7) is 11.2. The molecule has 1 unspecified atom stereocenters. The summed E-state index contributed by atoms with van der Waals surface area (Å²) in [4.78, 5) is 0. The van der Waals surface area contributed by atoms with Crippen LogP contribution in [0.1, 0.15) is 46.1 Å². The van der Waals surface area contributed by atoms with Gasteiger partial charge in [0.05, 0.1) is 29.3 Å². The molecular formula is C18H31N3O3S. The maximum absolute atomic E-state index is 11.8. The summed E-state index contributed by atoms with van der Waals surface area (Å²) in [5.74, 6) is 0.973. The zero-order valence-corrected chi connectivity index (χ0v) is 16.6. The molecule has 3 rings (SSSR count). The van der Waals surface area contributed by atoms with Crippen molar-refractivity contribution in [1.29, 1.82) is 0 Å². The van der Waals surface area contributed by atoms with Crippen LogP contribution < -0.4 is 5.32 Å². The smallest absolute Gasteiger partial charge is 0.152 e. The molecule has 0 bridgehead atoms. The molecule has 0 radical (unpaired) electrons. The molecule has 7 heteroatoms. The molecule has 0 aromatic carbocycles. The Balaban J connectivity index is 1.54. The van der Waals surface area contributed by atoms with Crippen LogP contribution >= 0.6 is 0 Å². The lowest BCUT2D eigenvalue weighted by Crippen LogP contribution is -2.36. The number of hydrogen-bond donors (Lipinski definition) is 1. The van der Waals surface area contributed by atoms with Crippen LogP contribution in [0.25, 0.3) is 0 Å². The molecule has 2 fully saturated rings. The summed E-state index contributed by atoms with van der Waals surface area (Å²) in [5, 5.41) is 7.95. The average molecular weight is 370 g/mol. The molecule has 1 aromatic heterocycles. The van der Waals surface area contributed by atoms with Crippen molar-refractivity contribution in [3.05, 3.63) is 18.0 Å². The summed E-state index contributed by atoms with van der Waals surface area (Å²) < 4.78 is 31.3. The van der Waals surface area contributed by atoms with E-state index < -0.39 is 15.4 Å². The van der Waals surface area contributed by atoms with Crippen LogP contribution in [0.3, 0.4) is 0 Å². The monoisotopic (exact) mass is 369 g/mol. The summed E-state index contributed by atoms with van der Waals surface area (Å²) in [5.41, 5.74) is 0.848. The number of rotatable bonds is 5. The van der Waals surface area contributed by atoms with Gasteiger partial charge in [0.25, 0.3) is 0 Å². The van der Waals surface area contributed by atoms with Gasteiger partial charge < -0.3 is 10.1 Å². The van der Waals surface area contributed by atoms with Crippen LogP contribution in [-0.4, -0.2) is 49.0 Å². The average Bonchev–Trinajstić information content (AvgIpc) is 3.18. The van der Waals surface area contributed by atoms with Crippen LogP contribution in [0.2, 0.25) is 0 Å². The van der Waals surface area contributed by atoms with Gasteiger partial charge in [0.2, 0.25) is 0 Å². The lowest BCUT2D eigenvalue weighted by atomic mass is 9.81. The minimum atomic E-state index is -2.93. The van der Waals surface area contributed by atoms with Crippen LogP contribution in [0.5, 0.6) is 0 Å². The predicted molar refractivity (Wildman–Crippen MR) is 98.2 cm³/mol. The van der Waals surface area contributed by atoms with E-state index in [9.17, 15) is 8.42 Å². The first-order valence-corrected chi connectivity index (χ1v) is 11.0. The fraction of sp³-hybridized carbons (Fsp3) is 0.833. The SMILES string of the molecule is CC(C)(C)[C@H]1OCC[C@@H]1CNCc1cnn(C2(C)CCS(=O)(=O)C2)c1. The molecule has 0 amide bonds. The van der Waals surface area contributed by atoms with Crippen molar-refractivity contribution in [3.63, 3.8) is 0 Å². The Morgan fingerprint density at radius 1 is 1.44 bits per heavy atom. The minimum absolute atomic E-state index is 0.163. The third-order valence-corrected chi connectivity index (χ3v) is 7.36. The van der Waals surface area contributed by atoms with E-state index in [1.165, 1.54) is 0 Å². The number of aromatic nitrogens is 2. The van der Waals surface area contributed by atoms with E-state index in [4.69, 9.17) is 4.74 Å². The van der Waals surface area contributed by atoms with Crippen molar-refractivity contribution in [2.45, 2.75) is 58.7 Å². The molecule has 1 N–H and O–H groups in total. The van der Waals surface area contributed by atoms with Crippen LogP contribution in [0.15, 0.2) is 12.4 Å². The molecule has 0 spiro atoms. The van der Waals surface area contributed by atoms with E-state index in [1.807, 2.05) is 24.0 Å². The van der Waals surface area contributed by atoms with Gasteiger partial charge in [0, 0.05) is 37.4 Å². The molecule has 2 saturated heterocycles. The zero-order valence-electron chi connectivity index (χ0n) is 15.8. The number of sulfone groups is 1. The Morgan fingerprint density at radius 3 is 2.84 bits per heavy atom. The van der Waals surface area contributed by atoms with Crippen molar-refractivity contribution in [1.82, 2.24) is 15.1 Å². The first-order valence-electron chi connectivity index (χ1n) is 9.16. The summed E-state index contributed by atoms with van der Waals surface area (Å²) in [6, 6.07) is 0. The highest BCUT2D eigenvalue weighted by Gasteiger charge is 2.40. The van der Waals surface area contributed by atoms with Crippen molar-refractivity contribution in [3.8, 4) is 0 Å². The Morgan fingerprint density at radius 2 is 2.20 bits per heavy atom. The van der Waals surface area contributed by atoms with Gasteiger partial charge in [-0.05, 0) is 25.2 Å². The van der Waals surface area contributed by atoms with Gasteiger partial charge in [-0.25, -0.2) is 8.42 Å². The van der Waals surface area contributed by atoms with Gasteiger partial charge in [-0.1, -0.05) is 20.8 Å². The topological polar surface area (TPSA) is 73.2 Å². The summed E-state index contributed by atoms with van der Waals surface area (Å²) >= 11 is 0. The van der Waals surface area contributed by atoms with Gasteiger partial charge >= 0.3 is 0 Å². The fourth-order valence-corrected chi connectivity index (χ4v) is 6.24. The van der Waals surface area contributed by atoms with E-state index in [2.05, 4.69) is 31.2 Å². The maximum Gasteiger partial charge on any atom is 0.152 e. The van der Waals surface area contributed by atoms with E-state index in [0.29, 0.717) is 18.4 Å². The number of nitrogens with one attached hydrogen (secondary N) is 1. The molecule has 3 heterocycles. The summed E-state index contributed by atoms with van der Waals surface area (Å²) in [7, 11) is -2.93. The standard InChI is InChI=1S/C18H31N3O3S/c1-17(2,3)16-15(5-7-24-16)11-19-9-14-10-20-21(12-14)18(4)6-8-25(22,23)13-18/h10,12,15-16,19H,5-9,11,13H2,1-4H3/t15-,16+,18?/m1/s1.